The van der Waals surface area contributed by atoms with Gasteiger partial charge in [0.1, 0.15) is 5.75 Å². The van der Waals surface area contributed by atoms with Crippen molar-refractivity contribution in [2.75, 3.05) is 6.61 Å². The fourth-order valence-corrected chi connectivity index (χ4v) is 1.88. The molecule has 6 nitrogen and oxygen atoms in total. The second-order valence-electron chi connectivity index (χ2n) is 4.41. The Bertz CT molecular complexity index is 639. The van der Waals surface area contributed by atoms with Gasteiger partial charge in [-0.3, -0.25) is 10.1 Å². The Morgan fingerprint density at radius 2 is 1.77 bits per heavy atom. The summed E-state index contributed by atoms with van der Waals surface area (Å²) in [5.74, 6) is -0.153. The van der Waals surface area contributed by atoms with Gasteiger partial charge in [0, 0.05) is 17.7 Å². The molecule has 1 atom stereocenters. The highest BCUT2D eigenvalue weighted by atomic mass is 16.6. The Kier molecular flexibility index (Phi) is 5.08. The maximum Gasteiger partial charge on any atom is 0.352 e. The number of nitro benzene ring substituents is 1. The van der Waals surface area contributed by atoms with E-state index in [0.717, 1.165) is 0 Å². The first-order valence-electron chi connectivity index (χ1n) is 6.74. The van der Waals surface area contributed by atoms with Crippen molar-refractivity contribution in [3.8, 4) is 5.75 Å². The van der Waals surface area contributed by atoms with E-state index in [2.05, 4.69) is 0 Å². The number of hydrogen-bond donors (Lipinski definition) is 0. The van der Waals surface area contributed by atoms with Gasteiger partial charge in [-0.05, 0) is 19.1 Å². The molecule has 0 spiro atoms. The van der Waals surface area contributed by atoms with Crippen LogP contribution in [0.15, 0.2) is 54.6 Å². The average Bonchev–Trinajstić information content (AvgIpc) is 2.54. The van der Waals surface area contributed by atoms with E-state index in [9.17, 15) is 14.9 Å². The fraction of sp³-hybridized carbons (Fsp3) is 0.188. The van der Waals surface area contributed by atoms with Crippen LogP contribution in [0.4, 0.5) is 5.69 Å². The van der Waals surface area contributed by atoms with Crippen LogP contribution in [-0.4, -0.2) is 17.5 Å². The quantitative estimate of drug-likeness (QED) is 0.465. The van der Waals surface area contributed by atoms with Crippen molar-refractivity contribution in [2.45, 2.75) is 13.0 Å². The third kappa shape index (κ3) is 3.82. The summed E-state index contributed by atoms with van der Waals surface area (Å²) in [5.41, 5.74) is 0.610. The molecule has 0 saturated carbocycles. The van der Waals surface area contributed by atoms with Gasteiger partial charge in [-0.1, -0.05) is 30.3 Å². The van der Waals surface area contributed by atoms with Crippen LogP contribution in [0.1, 0.15) is 18.6 Å². The number of non-ortho nitro benzene ring substituents is 1. The minimum absolute atomic E-state index is 0.0419. The summed E-state index contributed by atoms with van der Waals surface area (Å²) in [5, 5.41) is 10.6. The van der Waals surface area contributed by atoms with Crippen LogP contribution in [0.2, 0.25) is 0 Å². The first-order valence-corrected chi connectivity index (χ1v) is 6.74. The molecule has 6 heteroatoms. The Balaban J connectivity index is 2.22. The molecule has 0 aliphatic carbocycles. The number of esters is 1. The van der Waals surface area contributed by atoms with E-state index in [1.807, 2.05) is 6.07 Å². The predicted octanol–water partition coefficient (Wildman–Crippen LogP) is 3.28. The van der Waals surface area contributed by atoms with Gasteiger partial charge in [0.25, 0.3) is 5.69 Å². The van der Waals surface area contributed by atoms with Gasteiger partial charge < -0.3 is 9.47 Å². The van der Waals surface area contributed by atoms with Crippen LogP contribution >= 0.6 is 0 Å². The fourth-order valence-electron chi connectivity index (χ4n) is 1.88. The second-order valence-corrected chi connectivity index (χ2v) is 4.41. The number of carbonyl (C=O) groups excluding carboxylic acids is 1. The predicted molar refractivity (Wildman–Crippen MR) is 79.5 cm³/mol. The van der Waals surface area contributed by atoms with E-state index in [-0.39, 0.29) is 12.3 Å². The van der Waals surface area contributed by atoms with Crippen LogP contribution in [0.3, 0.4) is 0 Å². The first-order chi connectivity index (χ1) is 10.6. The Hall–Kier alpha value is -2.89. The van der Waals surface area contributed by atoms with Crippen molar-refractivity contribution in [1.29, 1.82) is 0 Å². The SMILES string of the molecule is CCOC(=O)[C@H](Oc1ccc([N+](=O)[O-])cc1)c1ccccc1. The first kappa shape index (κ1) is 15.5. The zero-order valence-corrected chi connectivity index (χ0v) is 12.0. The molecule has 0 heterocycles. The monoisotopic (exact) mass is 301 g/mol. The van der Waals surface area contributed by atoms with Gasteiger partial charge in [0.15, 0.2) is 0 Å². The molecule has 0 fully saturated rings. The summed E-state index contributed by atoms with van der Waals surface area (Å²) in [4.78, 5) is 22.2. The average molecular weight is 301 g/mol. The maximum atomic E-state index is 12.1. The van der Waals surface area contributed by atoms with E-state index in [4.69, 9.17) is 9.47 Å². The standard InChI is InChI=1S/C16H15NO5/c1-2-21-16(18)15(12-6-4-3-5-7-12)22-14-10-8-13(9-11-14)17(19)20/h3-11,15H,2H2,1H3/t15-/m1/s1. The zero-order chi connectivity index (χ0) is 15.9. The highest BCUT2D eigenvalue weighted by Gasteiger charge is 2.24. The molecule has 22 heavy (non-hydrogen) atoms. The second kappa shape index (κ2) is 7.21. The lowest BCUT2D eigenvalue weighted by Crippen LogP contribution is -2.21. The van der Waals surface area contributed by atoms with Crippen LogP contribution in [0, 0.1) is 10.1 Å². The Morgan fingerprint density at radius 3 is 2.32 bits per heavy atom. The van der Waals surface area contributed by atoms with Crippen LogP contribution in [0.5, 0.6) is 5.75 Å². The molecule has 114 valence electrons. The van der Waals surface area contributed by atoms with Crippen LogP contribution < -0.4 is 4.74 Å². The molecule has 0 N–H and O–H groups in total. The van der Waals surface area contributed by atoms with Crippen molar-refractivity contribution in [1.82, 2.24) is 0 Å². The highest BCUT2D eigenvalue weighted by molar-refractivity contribution is 5.77. The maximum absolute atomic E-state index is 12.1. The van der Waals surface area contributed by atoms with Gasteiger partial charge in [-0.15, -0.1) is 0 Å². The summed E-state index contributed by atoms with van der Waals surface area (Å²) in [6.45, 7) is 1.96. The van der Waals surface area contributed by atoms with E-state index in [0.29, 0.717) is 11.3 Å². The molecular weight excluding hydrogens is 286 g/mol. The molecule has 0 saturated heterocycles. The molecular formula is C16H15NO5. The van der Waals surface area contributed by atoms with Gasteiger partial charge in [0.05, 0.1) is 11.5 Å². The van der Waals surface area contributed by atoms with E-state index in [1.165, 1.54) is 24.3 Å². The summed E-state index contributed by atoms with van der Waals surface area (Å²) in [7, 11) is 0. The largest absolute Gasteiger partial charge is 0.474 e. The molecule has 0 aromatic heterocycles. The molecule has 0 aliphatic rings. The van der Waals surface area contributed by atoms with Crippen molar-refractivity contribution in [3.05, 3.63) is 70.3 Å². The lowest BCUT2D eigenvalue weighted by atomic mass is 10.1. The number of rotatable bonds is 6. The summed E-state index contributed by atoms with van der Waals surface area (Å²) < 4.78 is 10.7. The van der Waals surface area contributed by atoms with Gasteiger partial charge >= 0.3 is 5.97 Å². The topological polar surface area (TPSA) is 78.7 Å². The molecule has 0 aliphatic heterocycles. The number of hydrogen-bond acceptors (Lipinski definition) is 5. The van der Waals surface area contributed by atoms with Crippen LogP contribution in [-0.2, 0) is 9.53 Å². The third-order valence-electron chi connectivity index (χ3n) is 2.90. The minimum Gasteiger partial charge on any atom is -0.474 e. The summed E-state index contributed by atoms with van der Waals surface area (Å²) in [6, 6.07) is 14.5. The molecule has 0 radical (unpaired) electrons. The normalized spacial score (nSPS) is 11.5. The Morgan fingerprint density at radius 1 is 1.14 bits per heavy atom. The molecule has 0 unspecified atom stereocenters. The number of nitrogens with zero attached hydrogens (tertiary/aromatic N) is 1. The third-order valence-corrected chi connectivity index (χ3v) is 2.90. The summed E-state index contributed by atoms with van der Waals surface area (Å²) in [6.07, 6.45) is -0.914. The van der Waals surface area contributed by atoms with Gasteiger partial charge in [-0.2, -0.15) is 0 Å². The van der Waals surface area contributed by atoms with E-state index in [1.54, 1.807) is 31.2 Å². The van der Waals surface area contributed by atoms with Gasteiger partial charge in [-0.25, -0.2) is 4.79 Å². The van der Waals surface area contributed by atoms with Gasteiger partial charge in [0.2, 0.25) is 6.10 Å². The molecule has 2 aromatic rings. The van der Waals surface area contributed by atoms with Crippen molar-refractivity contribution in [3.63, 3.8) is 0 Å². The smallest absolute Gasteiger partial charge is 0.352 e. The van der Waals surface area contributed by atoms with E-state index < -0.39 is 17.0 Å². The zero-order valence-electron chi connectivity index (χ0n) is 12.0. The lowest BCUT2D eigenvalue weighted by Gasteiger charge is -2.17. The summed E-state index contributed by atoms with van der Waals surface area (Å²) >= 11 is 0. The number of carbonyl (C=O) groups is 1. The number of benzene rings is 2. The highest BCUT2D eigenvalue weighted by Crippen LogP contribution is 2.25. The molecule has 2 aromatic carbocycles. The van der Waals surface area contributed by atoms with Crippen molar-refractivity contribution < 1.29 is 19.2 Å². The molecule has 0 amide bonds. The van der Waals surface area contributed by atoms with Crippen LogP contribution in [0.25, 0.3) is 0 Å². The van der Waals surface area contributed by atoms with Crippen molar-refractivity contribution >= 4 is 11.7 Å². The molecule has 2 rings (SSSR count). The van der Waals surface area contributed by atoms with E-state index >= 15 is 0 Å². The molecule has 0 bridgehead atoms. The number of nitro groups is 1. The Labute approximate surface area is 127 Å². The lowest BCUT2D eigenvalue weighted by molar-refractivity contribution is -0.384. The minimum atomic E-state index is -0.914. The van der Waals surface area contributed by atoms with Crippen molar-refractivity contribution in [2.24, 2.45) is 0 Å². The number of ether oxygens (including phenoxy) is 2.